The van der Waals surface area contributed by atoms with Gasteiger partial charge in [-0.3, -0.25) is 9.59 Å². The highest BCUT2D eigenvalue weighted by atomic mass is 35.5. The van der Waals surface area contributed by atoms with Crippen molar-refractivity contribution in [1.29, 1.82) is 0 Å². The Kier molecular flexibility index (Phi) is 4.28. The van der Waals surface area contributed by atoms with Crippen LogP contribution in [0.5, 0.6) is 0 Å². The van der Waals surface area contributed by atoms with Crippen LogP contribution in [0.3, 0.4) is 0 Å². The van der Waals surface area contributed by atoms with Crippen molar-refractivity contribution in [2.45, 2.75) is 12.3 Å². The molecule has 2 aromatic carbocycles. The number of carbonyl (C=O) groups is 2. The van der Waals surface area contributed by atoms with Gasteiger partial charge >= 0.3 is 0 Å². The summed E-state index contributed by atoms with van der Waals surface area (Å²) in [5.74, 6) is -1.01. The van der Waals surface area contributed by atoms with Gasteiger partial charge in [0.15, 0.2) is 0 Å². The minimum Gasteiger partial charge on any atom is -0.369 e. The molecule has 2 N–H and O–H groups in total. The van der Waals surface area contributed by atoms with E-state index in [4.69, 9.17) is 28.9 Å². The number of hydrogen-bond donors (Lipinski definition) is 1. The third-order valence-corrected chi connectivity index (χ3v) is 4.69. The second-order valence-electron chi connectivity index (χ2n) is 5.44. The van der Waals surface area contributed by atoms with Gasteiger partial charge < -0.3 is 10.6 Å². The second-order valence-corrected chi connectivity index (χ2v) is 6.26. The predicted molar refractivity (Wildman–Crippen MR) is 90.9 cm³/mol. The highest BCUT2D eigenvalue weighted by Crippen LogP contribution is 2.36. The number of benzene rings is 2. The van der Waals surface area contributed by atoms with Crippen molar-refractivity contribution < 1.29 is 9.59 Å². The van der Waals surface area contributed by atoms with Gasteiger partial charge in [0, 0.05) is 12.2 Å². The van der Waals surface area contributed by atoms with Crippen LogP contribution in [-0.4, -0.2) is 18.4 Å². The lowest BCUT2D eigenvalue weighted by atomic mass is 10.0. The average molecular weight is 349 g/mol. The molecule has 0 spiro atoms. The molecule has 2 amide bonds. The van der Waals surface area contributed by atoms with Crippen molar-refractivity contribution in [2.75, 3.05) is 11.4 Å². The number of fused-ring (bicyclic) bond motifs is 1. The maximum Gasteiger partial charge on any atom is 0.231 e. The molecule has 1 aliphatic rings. The number of amides is 2. The molecule has 6 heteroatoms. The van der Waals surface area contributed by atoms with Crippen molar-refractivity contribution >= 4 is 40.7 Å². The number of nitrogens with two attached hydrogens (primary N) is 1. The lowest BCUT2D eigenvalue weighted by Crippen LogP contribution is -2.33. The van der Waals surface area contributed by atoms with Crippen molar-refractivity contribution in [1.82, 2.24) is 0 Å². The Bertz CT molecular complexity index is 792. The van der Waals surface area contributed by atoms with Crippen LogP contribution >= 0.6 is 23.2 Å². The molecule has 4 nitrogen and oxygen atoms in total. The number of hydrogen-bond acceptors (Lipinski definition) is 2. The number of carbonyl (C=O) groups excluding carboxylic acids is 2. The summed E-state index contributed by atoms with van der Waals surface area (Å²) in [6, 6.07) is 12.4. The van der Waals surface area contributed by atoms with E-state index in [1.165, 1.54) is 0 Å². The van der Waals surface area contributed by atoms with Crippen molar-refractivity contribution in [3.05, 3.63) is 63.6 Å². The van der Waals surface area contributed by atoms with Crippen LogP contribution < -0.4 is 10.6 Å². The molecule has 118 valence electrons. The maximum atomic E-state index is 12.6. The molecule has 0 bridgehead atoms. The highest BCUT2D eigenvalue weighted by Gasteiger charge is 2.35. The second kappa shape index (κ2) is 6.22. The number of halogens is 2. The Morgan fingerprint density at radius 1 is 1.13 bits per heavy atom. The van der Waals surface area contributed by atoms with Gasteiger partial charge in [-0.1, -0.05) is 47.5 Å². The molecule has 0 fully saturated rings. The van der Waals surface area contributed by atoms with Crippen LogP contribution in [0.1, 0.15) is 17.0 Å². The third kappa shape index (κ3) is 3.05. The Hall–Kier alpha value is -2.04. The molecule has 0 aromatic heterocycles. The first-order valence-electron chi connectivity index (χ1n) is 7.10. The molecule has 3 rings (SSSR count). The number of para-hydroxylation sites is 1. The summed E-state index contributed by atoms with van der Waals surface area (Å²) in [7, 11) is 0. The third-order valence-electron chi connectivity index (χ3n) is 3.95. The molecule has 0 saturated heterocycles. The van der Waals surface area contributed by atoms with E-state index in [1.54, 1.807) is 23.1 Å². The minimum atomic E-state index is -0.469. The van der Waals surface area contributed by atoms with Gasteiger partial charge in [0.25, 0.3) is 0 Å². The van der Waals surface area contributed by atoms with Gasteiger partial charge in [-0.25, -0.2) is 0 Å². The molecule has 0 saturated carbocycles. The monoisotopic (exact) mass is 348 g/mol. The van der Waals surface area contributed by atoms with E-state index in [9.17, 15) is 9.59 Å². The number of nitrogens with zero attached hydrogens (tertiary/aromatic N) is 1. The van der Waals surface area contributed by atoms with Gasteiger partial charge in [0.05, 0.1) is 22.4 Å². The first-order chi connectivity index (χ1) is 11.0. The van der Waals surface area contributed by atoms with Gasteiger partial charge in [-0.2, -0.15) is 0 Å². The Balaban J connectivity index is 1.85. The van der Waals surface area contributed by atoms with Crippen LogP contribution in [0.25, 0.3) is 0 Å². The zero-order chi connectivity index (χ0) is 16.6. The summed E-state index contributed by atoms with van der Waals surface area (Å²) in [5, 5.41) is 0.858. The van der Waals surface area contributed by atoms with Crippen LogP contribution in [0.4, 0.5) is 5.69 Å². The summed E-state index contributed by atoms with van der Waals surface area (Å²) in [4.78, 5) is 25.9. The molecular formula is C17H14Cl2N2O2. The molecule has 0 aliphatic carbocycles. The average Bonchev–Trinajstić information content (AvgIpc) is 2.91. The zero-order valence-electron chi connectivity index (χ0n) is 12.1. The lowest BCUT2D eigenvalue weighted by molar-refractivity contribution is -0.119. The van der Waals surface area contributed by atoms with E-state index in [2.05, 4.69) is 0 Å². The summed E-state index contributed by atoms with van der Waals surface area (Å²) < 4.78 is 0. The van der Waals surface area contributed by atoms with E-state index in [-0.39, 0.29) is 18.9 Å². The van der Waals surface area contributed by atoms with E-state index in [1.807, 2.05) is 24.3 Å². The van der Waals surface area contributed by atoms with Crippen LogP contribution in [0, 0.1) is 0 Å². The first-order valence-corrected chi connectivity index (χ1v) is 7.85. The molecule has 1 atom stereocenters. The highest BCUT2D eigenvalue weighted by molar-refractivity contribution is 6.42. The minimum absolute atomic E-state index is 0.111. The number of rotatable bonds is 3. The van der Waals surface area contributed by atoms with Gasteiger partial charge in [-0.05, 0) is 29.3 Å². The molecular weight excluding hydrogens is 335 g/mol. The zero-order valence-corrected chi connectivity index (χ0v) is 13.6. The summed E-state index contributed by atoms with van der Waals surface area (Å²) in [6.07, 6.45) is 0.177. The fourth-order valence-electron chi connectivity index (χ4n) is 2.81. The van der Waals surface area contributed by atoms with E-state index < -0.39 is 11.8 Å². The summed E-state index contributed by atoms with van der Waals surface area (Å²) in [6.45, 7) is 0.273. The quantitative estimate of drug-likeness (QED) is 0.925. The first kappa shape index (κ1) is 15.8. The predicted octanol–water partition coefficient (Wildman–Crippen LogP) is 3.15. The maximum absolute atomic E-state index is 12.6. The largest absolute Gasteiger partial charge is 0.369 e. The SMILES string of the molecule is NC(=O)[C@H]1CN(C(=O)Cc2ccc(Cl)c(Cl)c2)c2ccccc21. The van der Waals surface area contributed by atoms with Crippen LogP contribution in [-0.2, 0) is 16.0 Å². The van der Waals surface area contributed by atoms with E-state index in [0.29, 0.717) is 10.0 Å². The molecule has 0 unspecified atom stereocenters. The number of anilines is 1. The molecule has 2 aromatic rings. The molecule has 1 heterocycles. The molecule has 23 heavy (non-hydrogen) atoms. The van der Waals surface area contributed by atoms with Gasteiger partial charge in [0.2, 0.25) is 11.8 Å². The normalized spacial score (nSPS) is 16.3. The van der Waals surface area contributed by atoms with Crippen LogP contribution in [0.15, 0.2) is 42.5 Å². The lowest BCUT2D eigenvalue weighted by Gasteiger charge is -2.17. The Labute approximate surface area is 143 Å². The Morgan fingerprint density at radius 3 is 2.57 bits per heavy atom. The van der Waals surface area contributed by atoms with E-state index in [0.717, 1.165) is 16.8 Å². The van der Waals surface area contributed by atoms with Gasteiger partial charge in [0.1, 0.15) is 0 Å². The molecule has 0 radical (unpaired) electrons. The topological polar surface area (TPSA) is 63.4 Å². The van der Waals surface area contributed by atoms with Crippen molar-refractivity contribution in [3.8, 4) is 0 Å². The Morgan fingerprint density at radius 2 is 1.87 bits per heavy atom. The summed E-state index contributed by atoms with van der Waals surface area (Å²) in [5.41, 5.74) is 7.75. The van der Waals surface area contributed by atoms with Crippen molar-refractivity contribution in [3.63, 3.8) is 0 Å². The van der Waals surface area contributed by atoms with E-state index >= 15 is 0 Å². The fraction of sp³-hybridized carbons (Fsp3) is 0.176. The van der Waals surface area contributed by atoms with Gasteiger partial charge in [-0.15, -0.1) is 0 Å². The van der Waals surface area contributed by atoms with Crippen molar-refractivity contribution in [2.24, 2.45) is 5.73 Å². The smallest absolute Gasteiger partial charge is 0.231 e. The summed E-state index contributed by atoms with van der Waals surface area (Å²) >= 11 is 11.9. The molecule has 1 aliphatic heterocycles. The van der Waals surface area contributed by atoms with Crippen LogP contribution in [0.2, 0.25) is 10.0 Å². The number of primary amides is 1. The fourth-order valence-corrected chi connectivity index (χ4v) is 3.13. The standard InChI is InChI=1S/C17H14Cl2N2O2/c18-13-6-5-10(7-14(13)19)8-16(22)21-9-12(17(20)23)11-3-1-2-4-15(11)21/h1-7,12H,8-9H2,(H2,20,23)/t12-/m0/s1.